The average Bonchev–Trinajstić information content (AvgIpc) is 3.01. The predicted octanol–water partition coefficient (Wildman–Crippen LogP) is 5.04. The average molecular weight is 422 g/mol. The van der Waals surface area contributed by atoms with Gasteiger partial charge in [0.15, 0.2) is 0 Å². The van der Waals surface area contributed by atoms with Gasteiger partial charge in [-0.3, -0.25) is 5.21 Å². The number of rotatable bonds is 2. The maximum atomic E-state index is 14.8. The molecular formula is C26H30FN2O2+. The van der Waals surface area contributed by atoms with E-state index in [1.165, 1.54) is 0 Å². The summed E-state index contributed by atoms with van der Waals surface area (Å²) >= 11 is 0. The molecule has 4 nitrogen and oxygen atoms in total. The fourth-order valence-electron chi connectivity index (χ4n) is 7.23. The molecule has 1 aromatic heterocycles. The van der Waals surface area contributed by atoms with E-state index in [2.05, 4.69) is 11.8 Å². The summed E-state index contributed by atoms with van der Waals surface area (Å²) in [7, 11) is 0. The zero-order valence-electron chi connectivity index (χ0n) is 18.2. The van der Waals surface area contributed by atoms with Crippen LogP contribution in [-0.2, 0) is 12.8 Å². The summed E-state index contributed by atoms with van der Waals surface area (Å²) in [6, 6.07) is 5.54. The molecule has 3 unspecified atom stereocenters. The molecule has 2 N–H and O–H groups in total. The van der Waals surface area contributed by atoms with Gasteiger partial charge in [0.25, 0.3) is 0 Å². The fourth-order valence-corrected chi connectivity index (χ4v) is 7.23. The summed E-state index contributed by atoms with van der Waals surface area (Å²) in [6.45, 7) is 11.5. The molecular weight excluding hydrogens is 391 g/mol. The lowest BCUT2D eigenvalue weighted by Crippen LogP contribution is -2.52. The third-order valence-corrected chi connectivity index (χ3v) is 9.01. The van der Waals surface area contributed by atoms with E-state index in [-0.39, 0.29) is 16.9 Å². The van der Waals surface area contributed by atoms with Gasteiger partial charge in [-0.2, -0.15) is 0 Å². The Morgan fingerprint density at radius 2 is 2.03 bits per heavy atom. The van der Waals surface area contributed by atoms with Crippen LogP contribution in [0.4, 0.5) is 10.1 Å². The number of halogens is 1. The molecule has 0 bridgehead atoms. The Hall–Kier alpha value is -2.45. The van der Waals surface area contributed by atoms with Gasteiger partial charge < -0.3 is 5.11 Å². The number of pyridine rings is 1. The van der Waals surface area contributed by atoms with Crippen LogP contribution in [-0.4, -0.2) is 15.9 Å². The van der Waals surface area contributed by atoms with Gasteiger partial charge in [0.2, 0.25) is 18.1 Å². The van der Waals surface area contributed by atoms with Crippen LogP contribution in [0.3, 0.4) is 0 Å². The van der Waals surface area contributed by atoms with Crippen LogP contribution >= 0.6 is 0 Å². The van der Waals surface area contributed by atoms with E-state index in [0.717, 1.165) is 59.1 Å². The van der Waals surface area contributed by atoms with E-state index < -0.39 is 5.60 Å². The third kappa shape index (κ3) is 2.91. The van der Waals surface area contributed by atoms with E-state index in [4.69, 9.17) is 6.57 Å². The van der Waals surface area contributed by atoms with E-state index in [0.29, 0.717) is 30.6 Å². The van der Waals surface area contributed by atoms with Gasteiger partial charge in [-0.1, -0.05) is 19.1 Å². The van der Waals surface area contributed by atoms with Crippen molar-refractivity contribution in [1.29, 1.82) is 0 Å². The lowest BCUT2D eigenvalue weighted by Gasteiger charge is -2.53. The standard InChI is InChI=1S/C26H30FN2O2/c1-16-15-29(31)13-10-17(16)14-26(30)12-9-22-20-4-5-21-18(6-7-23(28-3)24(21)27)19(20)8-11-25(22,26)2/h6-7,10,13,15,19-20,22,30-31H,4-5,8-9,11-12,14H2,1-2H3/q+1/t19?,20?,22?,25-,26+/m0/s1. The molecule has 0 amide bonds. The minimum absolute atomic E-state index is 0.135. The van der Waals surface area contributed by atoms with Crippen molar-refractivity contribution in [2.24, 2.45) is 17.3 Å². The monoisotopic (exact) mass is 421 g/mol. The number of hydrogen-bond donors (Lipinski definition) is 2. The van der Waals surface area contributed by atoms with Gasteiger partial charge in [0.1, 0.15) is 5.82 Å². The Morgan fingerprint density at radius 3 is 2.77 bits per heavy atom. The Bertz CT molecular complexity index is 1090. The van der Waals surface area contributed by atoms with Crippen molar-refractivity contribution in [1.82, 2.24) is 0 Å². The number of aliphatic hydroxyl groups is 1. The second kappa shape index (κ2) is 7.03. The molecule has 5 rings (SSSR count). The van der Waals surface area contributed by atoms with Gasteiger partial charge in [0.05, 0.1) is 12.2 Å². The maximum absolute atomic E-state index is 14.8. The Labute approximate surface area is 183 Å². The quantitative estimate of drug-likeness (QED) is 0.405. The number of aromatic nitrogens is 1. The van der Waals surface area contributed by atoms with E-state index in [1.807, 2.05) is 19.1 Å². The molecule has 1 heterocycles. The van der Waals surface area contributed by atoms with Crippen molar-refractivity contribution in [3.05, 3.63) is 70.1 Å². The first-order chi connectivity index (χ1) is 14.8. The van der Waals surface area contributed by atoms with Gasteiger partial charge in [-0.15, -0.1) is 0 Å². The van der Waals surface area contributed by atoms with Crippen molar-refractivity contribution in [3.63, 3.8) is 0 Å². The van der Waals surface area contributed by atoms with Crippen LogP contribution in [0.5, 0.6) is 0 Å². The number of benzene rings is 1. The van der Waals surface area contributed by atoms with Gasteiger partial charge in [0, 0.05) is 22.8 Å². The minimum atomic E-state index is -0.769. The normalized spacial score (nSPS) is 33.8. The van der Waals surface area contributed by atoms with Crippen LogP contribution in [0, 0.1) is 36.6 Å². The van der Waals surface area contributed by atoms with Crippen molar-refractivity contribution in [3.8, 4) is 0 Å². The van der Waals surface area contributed by atoms with Crippen molar-refractivity contribution in [2.45, 2.75) is 70.3 Å². The molecule has 3 aliphatic carbocycles. The van der Waals surface area contributed by atoms with Crippen LogP contribution in [0.2, 0.25) is 0 Å². The molecule has 0 aliphatic heterocycles. The molecule has 5 heteroatoms. The third-order valence-electron chi connectivity index (χ3n) is 9.01. The molecule has 0 radical (unpaired) electrons. The second-order valence-electron chi connectivity index (χ2n) is 10.2. The molecule has 0 spiro atoms. The molecule has 2 fully saturated rings. The highest BCUT2D eigenvalue weighted by Crippen LogP contribution is 2.65. The summed E-state index contributed by atoms with van der Waals surface area (Å²) in [6.07, 6.45) is 9.19. The summed E-state index contributed by atoms with van der Waals surface area (Å²) in [5.41, 5.74) is 3.12. The molecule has 2 saturated carbocycles. The lowest BCUT2D eigenvalue weighted by atomic mass is 9.52. The number of aryl methyl sites for hydroxylation is 1. The first-order valence-corrected chi connectivity index (χ1v) is 11.4. The minimum Gasteiger partial charge on any atom is -0.389 e. The Kier molecular flexibility index (Phi) is 4.64. The van der Waals surface area contributed by atoms with Crippen LogP contribution in [0.1, 0.15) is 67.2 Å². The van der Waals surface area contributed by atoms with Crippen molar-refractivity contribution < 1.29 is 19.4 Å². The highest BCUT2D eigenvalue weighted by Gasteiger charge is 2.61. The summed E-state index contributed by atoms with van der Waals surface area (Å²) < 4.78 is 15.9. The number of fused-ring (bicyclic) bond motifs is 5. The number of hydrogen-bond acceptors (Lipinski definition) is 2. The maximum Gasteiger partial charge on any atom is 0.225 e. The van der Waals surface area contributed by atoms with Crippen LogP contribution < -0.4 is 4.73 Å². The molecule has 3 aliphatic rings. The topological polar surface area (TPSA) is 48.7 Å². The molecule has 1 aromatic carbocycles. The smallest absolute Gasteiger partial charge is 0.225 e. The zero-order chi connectivity index (χ0) is 22.0. The molecule has 2 aromatic rings. The summed E-state index contributed by atoms with van der Waals surface area (Å²) in [5.74, 6) is 0.878. The van der Waals surface area contributed by atoms with Crippen molar-refractivity contribution in [2.75, 3.05) is 0 Å². The summed E-state index contributed by atoms with van der Waals surface area (Å²) in [5, 5.41) is 21.6. The van der Waals surface area contributed by atoms with Gasteiger partial charge in [-0.25, -0.2) is 9.24 Å². The number of nitrogens with zero attached hydrogens (tertiary/aromatic N) is 2. The highest BCUT2D eigenvalue weighted by molar-refractivity contribution is 5.53. The second-order valence-corrected chi connectivity index (χ2v) is 10.2. The van der Waals surface area contributed by atoms with E-state index in [9.17, 15) is 14.7 Å². The van der Waals surface area contributed by atoms with Crippen molar-refractivity contribution >= 4 is 5.69 Å². The first-order valence-electron chi connectivity index (χ1n) is 11.4. The highest BCUT2D eigenvalue weighted by atomic mass is 19.1. The SMILES string of the molecule is [C-]#[N+]c1ccc2c(c1F)CCC1C2CC[C@@]2(C)C1CC[C@@]2(O)Cc1cc[n+](O)cc1C. The fraction of sp³-hybridized carbons (Fsp3) is 0.538. The predicted molar refractivity (Wildman–Crippen MR) is 114 cm³/mol. The molecule has 162 valence electrons. The van der Waals surface area contributed by atoms with Gasteiger partial charge in [-0.05, 0) is 85.3 Å². The van der Waals surface area contributed by atoms with E-state index >= 15 is 0 Å². The van der Waals surface area contributed by atoms with E-state index in [1.54, 1.807) is 18.5 Å². The van der Waals surface area contributed by atoms with Gasteiger partial charge >= 0.3 is 0 Å². The van der Waals surface area contributed by atoms with Crippen LogP contribution in [0.15, 0.2) is 30.6 Å². The molecule has 0 saturated heterocycles. The summed E-state index contributed by atoms with van der Waals surface area (Å²) in [4.78, 5) is 3.34. The van der Waals surface area contributed by atoms with Crippen LogP contribution in [0.25, 0.3) is 4.85 Å². The first kappa shape index (κ1) is 20.5. The lowest BCUT2D eigenvalue weighted by molar-refractivity contribution is -0.905. The Balaban J connectivity index is 1.46. The Morgan fingerprint density at radius 1 is 1.23 bits per heavy atom. The molecule has 31 heavy (non-hydrogen) atoms. The zero-order valence-corrected chi connectivity index (χ0v) is 18.2. The molecule has 5 atom stereocenters. The largest absolute Gasteiger partial charge is 0.389 e.